The molecule has 1 atom stereocenters. The molecule has 1 aliphatic rings. The molecule has 1 aromatic heterocycles. The Labute approximate surface area is 225 Å². The maximum Gasteiger partial charge on any atom is 0.425 e. The van der Waals surface area contributed by atoms with Crippen LogP contribution in [0.15, 0.2) is 35.1 Å². The van der Waals surface area contributed by atoms with Crippen molar-refractivity contribution in [2.45, 2.75) is 26.1 Å². The smallest absolute Gasteiger partial charge is 0.425 e. The summed E-state index contributed by atoms with van der Waals surface area (Å²) in [5.41, 5.74) is 1.34. The van der Waals surface area contributed by atoms with Crippen LogP contribution in [0.3, 0.4) is 0 Å². The van der Waals surface area contributed by atoms with E-state index >= 15 is 0 Å². The van der Waals surface area contributed by atoms with Crippen LogP contribution in [0.2, 0.25) is 0 Å². The van der Waals surface area contributed by atoms with Crippen LogP contribution in [0.4, 0.5) is 29.1 Å². The van der Waals surface area contributed by atoms with Crippen LogP contribution in [0.1, 0.15) is 12.5 Å². The number of fused-ring (bicyclic) bond motifs is 1. The summed E-state index contributed by atoms with van der Waals surface area (Å²) in [6.45, 7) is 5.26. The van der Waals surface area contributed by atoms with E-state index in [0.717, 1.165) is 25.6 Å². The number of anilines is 2. The number of carbonyl (C=O) groups excluding carboxylic acids is 1. The molecule has 1 saturated heterocycles. The van der Waals surface area contributed by atoms with Gasteiger partial charge >= 0.3 is 6.18 Å². The summed E-state index contributed by atoms with van der Waals surface area (Å²) in [5.74, 6) is -0.177. The molecule has 0 saturated carbocycles. The zero-order chi connectivity index (χ0) is 27.6. The highest BCUT2D eigenvalue weighted by molar-refractivity contribution is 9.10. The van der Waals surface area contributed by atoms with Crippen molar-refractivity contribution in [2.24, 2.45) is 0 Å². The van der Waals surface area contributed by atoms with Crippen molar-refractivity contribution in [3.8, 4) is 11.5 Å². The number of hydrogen-bond acceptors (Lipinski definition) is 7. The normalized spacial score (nSPS) is 15.6. The average Bonchev–Trinajstić information content (AvgIpc) is 2.84. The average molecular weight is 600 g/mol. The summed E-state index contributed by atoms with van der Waals surface area (Å²) >= 11 is 3.52. The van der Waals surface area contributed by atoms with Gasteiger partial charge in [-0.05, 0) is 48.0 Å². The van der Waals surface area contributed by atoms with E-state index in [4.69, 9.17) is 9.47 Å². The van der Waals surface area contributed by atoms with Crippen molar-refractivity contribution in [1.82, 2.24) is 19.8 Å². The number of aryl methyl sites for hydroxylation is 1. The number of rotatable bonds is 8. The molecule has 0 aliphatic carbocycles. The number of nitrogens with zero attached hydrogens (tertiary/aromatic N) is 4. The number of carbonyl (C=O) groups is 1. The van der Waals surface area contributed by atoms with Crippen molar-refractivity contribution >= 4 is 44.2 Å². The Morgan fingerprint density at radius 2 is 1.97 bits per heavy atom. The summed E-state index contributed by atoms with van der Waals surface area (Å²) < 4.78 is 64.9. The Morgan fingerprint density at radius 1 is 1.21 bits per heavy atom. The van der Waals surface area contributed by atoms with E-state index in [9.17, 15) is 22.4 Å². The third-order valence-electron chi connectivity index (χ3n) is 6.22. The molecule has 0 bridgehead atoms. The quantitative estimate of drug-likeness (QED) is 0.362. The van der Waals surface area contributed by atoms with Gasteiger partial charge < -0.3 is 19.7 Å². The van der Waals surface area contributed by atoms with Gasteiger partial charge in [0.25, 0.3) is 0 Å². The van der Waals surface area contributed by atoms with E-state index in [1.807, 2.05) is 11.8 Å². The molecule has 2 heterocycles. The van der Waals surface area contributed by atoms with Crippen LogP contribution in [0.5, 0.6) is 11.5 Å². The van der Waals surface area contributed by atoms with Crippen LogP contribution in [-0.2, 0) is 4.79 Å². The number of alkyl halides is 3. The highest BCUT2D eigenvalue weighted by Gasteiger charge is 2.38. The fourth-order valence-electron chi connectivity index (χ4n) is 3.99. The monoisotopic (exact) mass is 599 g/mol. The standard InChI is InChI=1S/C25H26BrF4N5O3/c1-14-22-19(11-17(26)23(14)37-9-8-35-7-6-34(3)21(36)12-35)31-13-32-24(22)33-18-5-4-16(27)10-20(18)38-15(2)25(28,29)30/h4-5,10-11,13,15H,6-9,12H2,1-3H3,(H,31,32,33)/t15-/m1/s1. The van der Waals surface area contributed by atoms with Crippen molar-refractivity contribution in [3.05, 3.63) is 46.4 Å². The number of ether oxygens (including phenoxy) is 2. The van der Waals surface area contributed by atoms with Crippen LogP contribution in [0, 0.1) is 12.7 Å². The number of amides is 1. The zero-order valence-electron chi connectivity index (χ0n) is 20.9. The first-order chi connectivity index (χ1) is 17.9. The molecule has 1 aliphatic heterocycles. The maximum atomic E-state index is 13.9. The first-order valence-corrected chi connectivity index (χ1v) is 12.6. The van der Waals surface area contributed by atoms with Crippen molar-refractivity contribution in [2.75, 3.05) is 45.2 Å². The van der Waals surface area contributed by atoms with Gasteiger partial charge in [-0.15, -0.1) is 0 Å². The first kappa shape index (κ1) is 27.8. The first-order valence-electron chi connectivity index (χ1n) is 11.8. The van der Waals surface area contributed by atoms with E-state index in [1.165, 1.54) is 12.4 Å². The zero-order valence-corrected chi connectivity index (χ0v) is 22.5. The topological polar surface area (TPSA) is 79.8 Å². The van der Waals surface area contributed by atoms with E-state index in [2.05, 4.69) is 31.2 Å². The maximum absolute atomic E-state index is 13.9. The van der Waals surface area contributed by atoms with Gasteiger partial charge in [0.15, 0.2) is 6.10 Å². The summed E-state index contributed by atoms with van der Waals surface area (Å²) in [4.78, 5) is 24.3. The molecule has 3 aromatic rings. The predicted molar refractivity (Wildman–Crippen MR) is 137 cm³/mol. The SMILES string of the molecule is Cc1c(OCCN2CCN(C)C(=O)C2)c(Br)cc2ncnc(Nc3ccc(F)cc3O[C@H](C)C(F)(F)F)c12. The van der Waals surface area contributed by atoms with Gasteiger partial charge in [0.1, 0.15) is 36.1 Å². The Balaban J connectivity index is 1.60. The number of likely N-dealkylation sites (N-methyl/N-ethyl adjacent to an activating group) is 1. The molecule has 0 unspecified atom stereocenters. The van der Waals surface area contributed by atoms with E-state index < -0.39 is 18.1 Å². The Hall–Kier alpha value is -3.19. The molecule has 1 fully saturated rings. The van der Waals surface area contributed by atoms with Gasteiger partial charge in [-0.3, -0.25) is 9.69 Å². The van der Waals surface area contributed by atoms with Crippen molar-refractivity contribution in [3.63, 3.8) is 0 Å². The van der Waals surface area contributed by atoms with Crippen molar-refractivity contribution in [1.29, 1.82) is 0 Å². The molecule has 13 heteroatoms. The van der Waals surface area contributed by atoms with E-state index in [-0.39, 0.29) is 23.2 Å². The summed E-state index contributed by atoms with van der Waals surface area (Å²) in [5, 5.41) is 3.54. The lowest BCUT2D eigenvalue weighted by atomic mass is 10.1. The highest BCUT2D eigenvalue weighted by Crippen LogP contribution is 2.39. The molecule has 0 spiro atoms. The lowest BCUT2D eigenvalue weighted by molar-refractivity contribution is -0.189. The van der Waals surface area contributed by atoms with E-state index in [1.54, 1.807) is 18.0 Å². The van der Waals surface area contributed by atoms with Gasteiger partial charge in [0.2, 0.25) is 5.91 Å². The fourth-order valence-corrected chi connectivity index (χ4v) is 4.61. The number of halogens is 5. The van der Waals surface area contributed by atoms with Crippen LogP contribution < -0.4 is 14.8 Å². The minimum absolute atomic E-state index is 0.0564. The van der Waals surface area contributed by atoms with Crippen LogP contribution >= 0.6 is 15.9 Å². The molecule has 1 N–H and O–H groups in total. The lowest BCUT2D eigenvalue weighted by Crippen LogP contribution is -2.49. The largest absolute Gasteiger partial charge is 0.491 e. The van der Waals surface area contributed by atoms with Crippen molar-refractivity contribution < 1.29 is 31.8 Å². The molecule has 4 rings (SSSR count). The Morgan fingerprint density at radius 3 is 2.68 bits per heavy atom. The molecule has 2 aromatic carbocycles. The third kappa shape index (κ3) is 6.26. The second-order valence-electron chi connectivity index (χ2n) is 8.94. The van der Waals surface area contributed by atoms with E-state index in [0.29, 0.717) is 52.9 Å². The molecule has 1 amide bonds. The number of hydrogen-bond donors (Lipinski definition) is 1. The van der Waals surface area contributed by atoms with Gasteiger partial charge in [-0.1, -0.05) is 0 Å². The van der Waals surface area contributed by atoms with Crippen LogP contribution in [0.25, 0.3) is 10.9 Å². The second kappa shape index (κ2) is 11.3. The highest BCUT2D eigenvalue weighted by atomic mass is 79.9. The number of benzene rings is 2. The molecule has 204 valence electrons. The molecular formula is C25H26BrF4N5O3. The third-order valence-corrected chi connectivity index (χ3v) is 6.81. The minimum Gasteiger partial charge on any atom is -0.491 e. The fraction of sp³-hybridized carbons (Fsp3) is 0.400. The molecule has 38 heavy (non-hydrogen) atoms. The van der Waals surface area contributed by atoms with Gasteiger partial charge in [-0.25, -0.2) is 14.4 Å². The molecule has 8 nitrogen and oxygen atoms in total. The van der Waals surface area contributed by atoms with Gasteiger partial charge in [-0.2, -0.15) is 13.2 Å². The number of aromatic nitrogens is 2. The molecule has 0 radical (unpaired) electrons. The van der Waals surface area contributed by atoms with Crippen LogP contribution in [-0.4, -0.2) is 77.8 Å². The lowest BCUT2D eigenvalue weighted by Gasteiger charge is -2.31. The Bertz CT molecular complexity index is 1340. The second-order valence-corrected chi connectivity index (χ2v) is 9.79. The summed E-state index contributed by atoms with van der Waals surface area (Å²) in [7, 11) is 1.78. The number of piperazine rings is 1. The van der Waals surface area contributed by atoms with Gasteiger partial charge in [0, 0.05) is 43.7 Å². The minimum atomic E-state index is -4.63. The van der Waals surface area contributed by atoms with Gasteiger partial charge in [0.05, 0.1) is 22.2 Å². The molecular weight excluding hydrogens is 574 g/mol. The summed E-state index contributed by atoms with van der Waals surface area (Å²) in [6.07, 6.45) is -5.47. The number of nitrogens with one attached hydrogen (secondary N) is 1. The summed E-state index contributed by atoms with van der Waals surface area (Å²) in [6, 6.07) is 5.02. The Kier molecular flexibility index (Phi) is 8.26. The predicted octanol–water partition coefficient (Wildman–Crippen LogP) is 5.07.